The number of hydrogen-bond donors (Lipinski definition) is 1. The Balaban J connectivity index is 1.85. The number of aromatic nitrogens is 2. The predicted octanol–water partition coefficient (Wildman–Crippen LogP) is 3.69. The molecule has 3 unspecified atom stereocenters. The summed E-state index contributed by atoms with van der Waals surface area (Å²) in [5.74, 6) is 4.13. The molecule has 1 aliphatic rings. The maximum absolute atomic E-state index is 5.45. The van der Waals surface area contributed by atoms with Gasteiger partial charge in [0.1, 0.15) is 0 Å². The minimum Gasteiger partial charge on any atom is -0.339 e. The molecule has 0 amide bonds. The van der Waals surface area contributed by atoms with Gasteiger partial charge in [-0.15, -0.1) is 11.8 Å². The highest BCUT2D eigenvalue weighted by molar-refractivity contribution is 8.06. The molecular formula is C15H27N3OS2. The lowest BCUT2D eigenvalue weighted by molar-refractivity contribution is 0.362. The predicted molar refractivity (Wildman–Crippen MR) is 92.1 cm³/mol. The van der Waals surface area contributed by atoms with E-state index < -0.39 is 0 Å². The fraction of sp³-hybridized carbons (Fsp3) is 0.867. The normalized spacial score (nSPS) is 24.1. The second-order valence-corrected chi connectivity index (χ2v) is 8.15. The van der Waals surface area contributed by atoms with Gasteiger partial charge in [-0.2, -0.15) is 16.7 Å². The summed E-state index contributed by atoms with van der Waals surface area (Å²) in [6.07, 6.45) is 4.26. The average molecular weight is 330 g/mol. The van der Waals surface area contributed by atoms with Crippen LogP contribution in [0.15, 0.2) is 4.52 Å². The van der Waals surface area contributed by atoms with E-state index in [0.717, 1.165) is 31.1 Å². The van der Waals surface area contributed by atoms with E-state index in [2.05, 4.69) is 48.0 Å². The van der Waals surface area contributed by atoms with E-state index in [1.807, 2.05) is 11.8 Å². The Labute approximate surface area is 136 Å². The van der Waals surface area contributed by atoms with Crippen molar-refractivity contribution in [3.8, 4) is 0 Å². The van der Waals surface area contributed by atoms with Gasteiger partial charge in [0, 0.05) is 29.2 Å². The molecule has 1 aliphatic heterocycles. The molecule has 0 bridgehead atoms. The van der Waals surface area contributed by atoms with E-state index in [0.29, 0.717) is 16.5 Å². The third-order valence-electron chi connectivity index (χ3n) is 3.73. The van der Waals surface area contributed by atoms with E-state index in [4.69, 9.17) is 4.52 Å². The van der Waals surface area contributed by atoms with Crippen molar-refractivity contribution in [3.05, 3.63) is 11.7 Å². The Morgan fingerprint density at radius 2 is 2.14 bits per heavy atom. The standard InChI is InChI=1S/C15H27N3OS2/c1-4-8-16-11(3)6-7-13-17-15(18-19-13)14-12(5-2)20-9-10-21-14/h11-12,14,16H,4-10H2,1-3H3. The molecule has 0 saturated carbocycles. The second kappa shape index (κ2) is 9.06. The number of aryl methyl sites for hydroxylation is 1. The van der Waals surface area contributed by atoms with Crippen molar-refractivity contribution in [2.75, 3.05) is 18.1 Å². The Morgan fingerprint density at radius 1 is 1.33 bits per heavy atom. The first kappa shape index (κ1) is 17.2. The van der Waals surface area contributed by atoms with Crippen molar-refractivity contribution in [2.24, 2.45) is 0 Å². The van der Waals surface area contributed by atoms with Crippen molar-refractivity contribution >= 4 is 23.5 Å². The van der Waals surface area contributed by atoms with E-state index in [9.17, 15) is 0 Å². The van der Waals surface area contributed by atoms with Gasteiger partial charge in [-0.05, 0) is 32.7 Å². The molecule has 2 rings (SSSR count). The highest BCUT2D eigenvalue weighted by Gasteiger charge is 2.30. The molecule has 0 spiro atoms. The average Bonchev–Trinajstić information content (AvgIpc) is 2.99. The minimum atomic E-state index is 0.405. The quantitative estimate of drug-likeness (QED) is 0.785. The van der Waals surface area contributed by atoms with Crippen molar-refractivity contribution in [1.82, 2.24) is 15.5 Å². The third-order valence-corrected chi connectivity index (χ3v) is 6.97. The van der Waals surface area contributed by atoms with Gasteiger partial charge in [-0.3, -0.25) is 0 Å². The highest BCUT2D eigenvalue weighted by Crippen LogP contribution is 2.42. The Morgan fingerprint density at radius 3 is 2.90 bits per heavy atom. The number of nitrogens with zero attached hydrogens (tertiary/aromatic N) is 2. The first-order chi connectivity index (χ1) is 10.2. The Bertz CT molecular complexity index is 413. The molecule has 6 heteroatoms. The van der Waals surface area contributed by atoms with E-state index >= 15 is 0 Å². The molecule has 1 aromatic rings. The summed E-state index contributed by atoms with van der Waals surface area (Å²) in [6.45, 7) is 7.73. The van der Waals surface area contributed by atoms with Gasteiger partial charge >= 0.3 is 0 Å². The molecule has 0 aliphatic carbocycles. The Hall–Kier alpha value is -0.200. The summed E-state index contributed by atoms with van der Waals surface area (Å²) in [5.41, 5.74) is 0. The molecule has 1 fully saturated rings. The molecule has 1 aromatic heterocycles. The first-order valence-corrected chi connectivity index (χ1v) is 10.1. The van der Waals surface area contributed by atoms with E-state index in [1.165, 1.54) is 24.3 Å². The topological polar surface area (TPSA) is 51.0 Å². The van der Waals surface area contributed by atoms with Crippen LogP contribution in [-0.4, -0.2) is 39.5 Å². The molecule has 3 atom stereocenters. The summed E-state index contributed by atoms with van der Waals surface area (Å²) >= 11 is 4.03. The zero-order valence-electron chi connectivity index (χ0n) is 13.3. The van der Waals surface area contributed by atoms with E-state index in [1.54, 1.807) is 0 Å². The van der Waals surface area contributed by atoms with Crippen molar-refractivity contribution in [2.45, 2.75) is 63.0 Å². The monoisotopic (exact) mass is 329 g/mol. The van der Waals surface area contributed by atoms with Gasteiger partial charge in [0.25, 0.3) is 0 Å². The van der Waals surface area contributed by atoms with Crippen LogP contribution in [0.1, 0.15) is 57.0 Å². The zero-order chi connectivity index (χ0) is 15.1. The fourth-order valence-electron chi connectivity index (χ4n) is 2.46. The molecular weight excluding hydrogens is 302 g/mol. The SMILES string of the molecule is CCCNC(C)CCc1nc(C2SCCSC2CC)no1. The van der Waals surface area contributed by atoms with Gasteiger partial charge in [-0.25, -0.2) is 0 Å². The van der Waals surface area contributed by atoms with Gasteiger partial charge in [0.2, 0.25) is 5.89 Å². The van der Waals surface area contributed by atoms with Crippen LogP contribution in [-0.2, 0) is 6.42 Å². The fourth-order valence-corrected chi connectivity index (χ4v) is 5.44. The molecule has 2 heterocycles. The van der Waals surface area contributed by atoms with Crippen LogP contribution in [0.3, 0.4) is 0 Å². The molecule has 0 aromatic carbocycles. The maximum atomic E-state index is 5.45. The van der Waals surface area contributed by atoms with E-state index in [-0.39, 0.29) is 0 Å². The lowest BCUT2D eigenvalue weighted by Gasteiger charge is -2.27. The number of nitrogens with one attached hydrogen (secondary N) is 1. The van der Waals surface area contributed by atoms with Gasteiger partial charge < -0.3 is 9.84 Å². The third kappa shape index (κ3) is 5.18. The lowest BCUT2D eigenvalue weighted by atomic mass is 10.2. The zero-order valence-corrected chi connectivity index (χ0v) is 14.9. The van der Waals surface area contributed by atoms with Crippen LogP contribution in [0.2, 0.25) is 0 Å². The lowest BCUT2D eigenvalue weighted by Crippen LogP contribution is -2.27. The molecule has 4 nitrogen and oxygen atoms in total. The molecule has 21 heavy (non-hydrogen) atoms. The molecule has 120 valence electrons. The van der Waals surface area contributed by atoms with Crippen molar-refractivity contribution in [1.29, 1.82) is 0 Å². The summed E-state index contributed by atoms with van der Waals surface area (Å²) in [7, 11) is 0. The summed E-state index contributed by atoms with van der Waals surface area (Å²) in [5, 5.41) is 8.76. The van der Waals surface area contributed by atoms with Crippen molar-refractivity contribution < 1.29 is 4.52 Å². The van der Waals surface area contributed by atoms with Crippen LogP contribution < -0.4 is 5.32 Å². The molecule has 1 N–H and O–H groups in total. The highest BCUT2D eigenvalue weighted by atomic mass is 32.2. The van der Waals surface area contributed by atoms with Crippen molar-refractivity contribution in [3.63, 3.8) is 0 Å². The number of rotatable bonds is 8. The van der Waals surface area contributed by atoms with Gasteiger partial charge in [0.05, 0.1) is 5.25 Å². The minimum absolute atomic E-state index is 0.405. The molecule has 1 saturated heterocycles. The van der Waals surface area contributed by atoms with Gasteiger partial charge in [0.15, 0.2) is 5.82 Å². The maximum Gasteiger partial charge on any atom is 0.226 e. The Kier molecular flexibility index (Phi) is 7.40. The molecule has 0 radical (unpaired) electrons. The largest absolute Gasteiger partial charge is 0.339 e. The summed E-state index contributed by atoms with van der Waals surface area (Å²) in [6, 6.07) is 0.503. The second-order valence-electron chi connectivity index (χ2n) is 5.55. The number of thioether (sulfide) groups is 2. The van der Waals surface area contributed by atoms with Crippen LogP contribution >= 0.6 is 23.5 Å². The van der Waals surface area contributed by atoms with Gasteiger partial charge in [-0.1, -0.05) is 19.0 Å². The smallest absolute Gasteiger partial charge is 0.226 e. The van der Waals surface area contributed by atoms with Crippen LogP contribution in [0.4, 0.5) is 0 Å². The summed E-state index contributed by atoms with van der Waals surface area (Å²) < 4.78 is 5.45. The van der Waals surface area contributed by atoms with Crippen LogP contribution in [0, 0.1) is 0 Å². The number of hydrogen-bond acceptors (Lipinski definition) is 6. The van der Waals surface area contributed by atoms with Crippen LogP contribution in [0.5, 0.6) is 0 Å². The summed E-state index contributed by atoms with van der Waals surface area (Å²) in [4.78, 5) is 4.64. The first-order valence-electron chi connectivity index (χ1n) is 8.03. The van der Waals surface area contributed by atoms with Crippen LogP contribution in [0.25, 0.3) is 0 Å².